The zero-order valence-corrected chi connectivity index (χ0v) is 21.0. The Labute approximate surface area is 199 Å². The molecule has 0 unspecified atom stereocenters. The first kappa shape index (κ1) is 24.8. The molecule has 1 saturated heterocycles. The molecule has 8 nitrogen and oxygen atoms in total. The first-order chi connectivity index (χ1) is 16.0. The second kappa shape index (κ2) is 9.05. The molecule has 1 saturated carbocycles. The van der Waals surface area contributed by atoms with Crippen molar-refractivity contribution in [1.82, 2.24) is 14.5 Å². The fourth-order valence-corrected chi connectivity index (χ4v) is 5.35. The third-order valence-corrected chi connectivity index (χ3v) is 7.77. The van der Waals surface area contributed by atoms with Gasteiger partial charge in [0.15, 0.2) is 10.6 Å². The summed E-state index contributed by atoms with van der Waals surface area (Å²) in [6, 6.07) is 4.42. The molecule has 1 aliphatic heterocycles. The van der Waals surface area contributed by atoms with E-state index >= 15 is 0 Å². The van der Waals surface area contributed by atoms with Crippen LogP contribution in [-0.4, -0.2) is 44.4 Å². The van der Waals surface area contributed by atoms with Crippen molar-refractivity contribution in [3.63, 3.8) is 0 Å². The van der Waals surface area contributed by atoms with Gasteiger partial charge in [-0.15, -0.1) is 0 Å². The minimum atomic E-state index is -4.22. The highest BCUT2D eigenvalue weighted by Gasteiger charge is 2.46. The summed E-state index contributed by atoms with van der Waals surface area (Å²) in [5, 5.41) is 4.11. The van der Waals surface area contributed by atoms with Crippen molar-refractivity contribution in [3.05, 3.63) is 46.4 Å². The summed E-state index contributed by atoms with van der Waals surface area (Å²) in [6.07, 6.45) is 1.63. The highest BCUT2D eigenvalue weighted by Crippen LogP contribution is 2.42. The van der Waals surface area contributed by atoms with E-state index in [0.29, 0.717) is 35.6 Å². The predicted molar refractivity (Wildman–Crippen MR) is 124 cm³/mol. The second-order valence-corrected chi connectivity index (χ2v) is 11.4. The molecular weight excluding hydrogens is 461 g/mol. The molecule has 0 atom stereocenters. The molecular formula is C24H32FN3O5S. The molecule has 2 aliphatic rings. The van der Waals surface area contributed by atoms with Crippen LogP contribution in [0.4, 0.5) is 4.39 Å². The van der Waals surface area contributed by atoms with Gasteiger partial charge in [0.2, 0.25) is 5.91 Å². The van der Waals surface area contributed by atoms with Crippen molar-refractivity contribution in [2.45, 2.75) is 75.5 Å². The summed E-state index contributed by atoms with van der Waals surface area (Å²) in [6.45, 7) is 8.29. The number of carbonyl (C=O) groups excluding carboxylic acids is 1. The standard InChI is InChI=1S/C24H32FN3O5S/c1-14(2)18-8-16(25)9-19(15(3)4)20(18)10-22(29)27-34(30,31)23-11-21(24(32-5)12-33-13-24)28(26-23)17-6-7-17/h8-9,11,14-15,17H,6-7,10,12-13H2,1-5H3,(H,27,29). The first-order valence-corrected chi connectivity index (χ1v) is 13.1. The minimum absolute atomic E-state index is 0.0284. The van der Waals surface area contributed by atoms with E-state index in [1.54, 1.807) is 11.8 Å². The van der Waals surface area contributed by atoms with Crippen LogP contribution in [0.25, 0.3) is 0 Å². The molecule has 1 N–H and O–H groups in total. The quantitative estimate of drug-likeness (QED) is 0.574. The SMILES string of the molecule is COC1(c2cc(S(=O)(=O)NC(=O)Cc3c(C(C)C)cc(F)cc3C(C)C)nn2C2CC2)COC1. The normalized spacial score (nSPS) is 17.8. The van der Waals surface area contributed by atoms with Crippen molar-refractivity contribution < 1.29 is 27.1 Å². The van der Waals surface area contributed by atoms with Gasteiger partial charge in [-0.05, 0) is 53.5 Å². The van der Waals surface area contributed by atoms with Gasteiger partial charge < -0.3 is 9.47 Å². The number of halogens is 1. The zero-order chi connectivity index (χ0) is 24.8. The molecule has 1 amide bonds. The molecule has 2 aromatic rings. The fourth-order valence-electron chi connectivity index (χ4n) is 4.41. The van der Waals surface area contributed by atoms with Gasteiger partial charge in [0, 0.05) is 13.2 Å². The van der Waals surface area contributed by atoms with E-state index in [4.69, 9.17) is 9.47 Å². The number of rotatable bonds is 9. The molecule has 4 rings (SSSR count). The molecule has 1 aromatic heterocycles. The number of carbonyl (C=O) groups is 1. The van der Waals surface area contributed by atoms with E-state index in [0.717, 1.165) is 12.8 Å². The maximum atomic E-state index is 14.2. The monoisotopic (exact) mass is 493 g/mol. The van der Waals surface area contributed by atoms with Gasteiger partial charge in [-0.1, -0.05) is 27.7 Å². The summed E-state index contributed by atoms with van der Waals surface area (Å²) in [5.74, 6) is -1.11. The van der Waals surface area contributed by atoms with Gasteiger partial charge in [0.1, 0.15) is 5.82 Å². The zero-order valence-electron chi connectivity index (χ0n) is 20.2. The van der Waals surface area contributed by atoms with E-state index in [1.807, 2.05) is 27.7 Å². The van der Waals surface area contributed by atoms with E-state index in [2.05, 4.69) is 9.82 Å². The van der Waals surface area contributed by atoms with Crippen LogP contribution in [0.15, 0.2) is 23.2 Å². The Hall–Kier alpha value is -2.30. The van der Waals surface area contributed by atoms with Crippen LogP contribution in [0.1, 0.15) is 80.8 Å². The first-order valence-electron chi connectivity index (χ1n) is 11.6. The molecule has 10 heteroatoms. The van der Waals surface area contributed by atoms with Crippen LogP contribution in [0.2, 0.25) is 0 Å². The Morgan fingerprint density at radius 3 is 2.24 bits per heavy atom. The molecule has 0 bridgehead atoms. The number of methoxy groups -OCH3 is 1. The molecule has 2 heterocycles. The number of aromatic nitrogens is 2. The molecule has 0 radical (unpaired) electrons. The maximum Gasteiger partial charge on any atom is 0.283 e. The van der Waals surface area contributed by atoms with E-state index in [-0.39, 0.29) is 35.1 Å². The van der Waals surface area contributed by atoms with Crippen LogP contribution in [0.5, 0.6) is 0 Å². The Morgan fingerprint density at radius 2 is 1.79 bits per heavy atom. The van der Waals surface area contributed by atoms with Gasteiger partial charge in [-0.2, -0.15) is 13.5 Å². The lowest BCUT2D eigenvalue weighted by atomic mass is 9.87. The van der Waals surface area contributed by atoms with Crippen molar-refractivity contribution in [1.29, 1.82) is 0 Å². The summed E-state index contributed by atoms with van der Waals surface area (Å²) >= 11 is 0. The van der Waals surface area contributed by atoms with Gasteiger partial charge in [0.25, 0.3) is 10.0 Å². The number of nitrogens with one attached hydrogen (secondary N) is 1. The van der Waals surface area contributed by atoms with Crippen molar-refractivity contribution in [3.8, 4) is 0 Å². The Kier molecular flexibility index (Phi) is 6.61. The van der Waals surface area contributed by atoms with Crippen LogP contribution in [0, 0.1) is 5.82 Å². The highest BCUT2D eigenvalue weighted by molar-refractivity contribution is 7.90. The topological polar surface area (TPSA) is 99.5 Å². The summed E-state index contributed by atoms with van der Waals surface area (Å²) < 4.78 is 55.3. The van der Waals surface area contributed by atoms with Crippen LogP contribution in [-0.2, 0) is 36.3 Å². The number of ether oxygens (including phenoxy) is 2. The molecule has 0 spiro atoms. The average molecular weight is 494 g/mol. The Morgan fingerprint density at radius 1 is 1.21 bits per heavy atom. The second-order valence-electron chi connectivity index (χ2n) is 9.81. The number of amides is 1. The van der Waals surface area contributed by atoms with Crippen LogP contribution >= 0.6 is 0 Å². The number of nitrogens with zero attached hydrogens (tertiary/aromatic N) is 2. The van der Waals surface area contributed by atoms with Gasteiger partial charge >= 0.3 is 0 Å². The minimum Gasteiger partial charge on any atom is -0.374 e. The Bertz CT molecular complexity index is 1160. The number of benzene rings is 1. The molecule has 1 aliphatic carbocycles. The van der Waals surface area contributed by atoms with Crippen molar-refractivity contribution >= 4 is 15.9 Å². The predicted octanol–water partition coefficient (Wildman–Crippen LogP) is 3.52. The van der Waals surface area contributed by atoms with Gasteiger partial charge in [0.05, 0.1) is 31.4 Å². The summed E-state index contributed by atoms with van der Waals surface area (Å²) in [5.41, 5.74) is 1.96. The third-order valence-electron chi connectivity index (χ3n) is 6.52. The fraction of sp³-hybridized carbons (Fsp3) is 0.583. The van der Waals surface area contributed by atoms with Crippen molar-refractivity contribution in [2.24, 2.45) is 0 Å². The lowest BCUT2D eigenvalue weighted by molar-refractivity contribution is -0.206. The van der Waals surface area contributed by atoms with Gasteiger partial charge in [-0.3, -0.25) is 9.48 Å². The lowest BCUT2D eigenvalue weighted by Gasteiger charge is -2.40. The molecule has 2 fully saturated rings. The van der Waals surface area contributed by atoms with Crippen molar-refractivity contribution in [2.75, 3.05) is 20.3 Å². The smallest absolute Gasteiger partial charge is 0.283 e. The molecule has 34 heavy (non-hydrogen) atoms. The summed E-state index contributed by atoms with van der Waals surface area (Å²) in [4.78, 5) is 12.9. The Balaban J connectivity index is 1.61. The molecule has 1 aromatic carbocycles. The number of hydrogen-bond acceptors (Lipinski definition) is 6. The lowest BCUT2D eigenvalue weighted by Crippen LogP contribution is -2.49. The molecule has 186 valence electrons. The van der Waals surface area contributed by atoms with E-state index in [9.17, 15) is 17.6 Å². The average Bonchev–Trinajstić information content (AvgIpc) is 3.46. The highest BCUT2D eigenvalue weighted by atomic mass is 32.2. The van der Waals surface area contributed by atoms with Crippen LogP contribution in [0.3, 0.4) is 0 Å². The van der Waals surface area contributed by atoms with E-state index < -0.39 is 21.5 Å². The third kappa shape index (κ3) is 4.63. The van der Waals surface area contributed by atoms with E-state index in [1.165, 1.54) is 18.2 Å². The maximum absolute atomic E-state index is 14.2. The number of hydrogen-bond donors (Lipinski definition) is 1. The van der Waals surface area contributed by atoms with Crippen LogP contribution < -0.4 is 4.72 Å². The van der Waals surface area contributed by atoms with Gasteiger partial charge in [-0.25, -0.2) is 9.11 Å². The largest absolute Gasteiger partial charge is 0.374 e. The number of sulfonamides is 1. The summed E-state index contributed by atoms with van der Waals surface area (Å²) in [7, 11) is -2.66.